The average Bonchev–Trinajstić information content (AvgIpc) is 2.69. The Hall–Kier alpha value is -1.81. The third-order valence-electron chi connectivity index (χ3n) is 2.95. The Morgan fingerprint density at radius 2 is 2.00 bits per heavy atom. The van der Waals surface area contributed by atoms with Crippen LogP contribution in [0.5, 0.6) is 0 Å². The van der Waals surface area contributed by atoms with E-state index >= 15 is 0 Å². The molecule has 0 aliphatic rings. The molecule has 1 N–H and O–H groups in total. The highest BCUT2D eigenvalue weighted by Crippen LogP contribution is 2.16. The van der Waals surface area contributed by atoms with Gasteiger partial charge in [0, 0.05) is 12.1 Å². The van der Waals surface area contributed by atoms with Crippen LogP contribution in [0.1, 0.15) is 34.7 Å². The number of aryl methyl sites for hydroxylation is 2. The highest BCUT2D eigenvalue weighted by molar-refractivity contribution is 6.30. The molecule has 0 spiro atoms. The van der Waals surface area contributed by atoms with Crippen molar-refractivity contribution < 1.29 is 4.79 Å². The van der Waals surface area contributed by atoms with Crippen molar-refractivity contribution in [3.8, 4) is 0 Å². The normalized spacial score (nSPS) is 12.2. The molecule has 0 saturated heterocycles. The molecule has 5 heteroatoms. The number of nitrogens with one attached hydrogen (secondary N) is 1. The standard InChI is InChI=1S/C14H16ClN3O/c1-9-8-13(18(3)17-9)14(19)16-10(2)11-4-6-12(15)7-5-11/h4-8,10H,1-3H3,(H,16,19). The number of aromatic nitrogens is 2. The molecule has 1 atom stereocenters. The summed E-state index contributed by atoms with van der Waals surface area (Å²) in [6, 6.07) is 9.12. The maximum atomic E-state index is 12.1. The number of halogens is 1. The number of hydrogen-bond acceptors (Lipinski definition) is 2. The van der Waals surface area contributed by atoms with E-state index in [0.29, 0.717) is 10.7 Å². The third kappa shape index (κ3) is 3.15. The van der Waals surface area contributed by atoms with Crippen molar-refractivity contribution in [2.24, 2.45) is 7.05 Å². The Labute approximate surface area is 117 Å². The Morgan fingerprint density at radius 1 is 1.37 bits per heavy atom. The maximum absolute atomic E-state index is 12.1. The van der Waals surface area contributed by atoms with Gasteiger partial charge in [-0.25, -0.2) is 0 Å². The molecule has 1 unspecified atom stereocenters. The second kappa shape index (κ2) is 5.45. The minimum atomic E-state index is -0.134. The molecule has 1 heterocycles. The zero-order valence-corrected chi connectivity index (χ0v) is 11.9. The molecule has 0 fully saturated rings. The summed E-state index contributed by atoms with van der Waals surface area (Å²) in [6.45, 7) is 3.80. The largest absolute Gasteiger partial charge is 0.344 e. The molecule has 1 aromatic heterocycles. The second-order valence-corrected chi connectivity index (χ2v) is 4.98. The van der Waals surface area contributed by atoms with Crippen molar-refractivity contribution in [3.63, 3.8) is 0 Å². The van der Waals surface area contributed by atoms with Gasteiger partial charge in [-0.15, -0.1) is 0 Å². The van der Waals surface area contributed by atoms with Gasteiger partial charge in [0.15, 0.2) is 0 Å². The number of amides is 1. The zero-order chi connectivity index (χ0) is 14.0. The minimum absolute atomic E-state index is 0.0834. The lowest BCUT2D eigenvalue weighted by Gasteiger charge is -2.14. The molecule has 100 valence electrons. The van der Waals surface area contributed by atoms with E-state index in [2.05, 4.69) is 10.4 Å². The Balaban J connectivity index is 2.10. The Bertz CT molecular complexity index is 589. The van der Waals surface area contributed by atoms with Crippen LogP contribution >= 0.6 is 11.6 Å². The summed E-state index contributed by atoms with van der Waals surface area (Å²) < 4.78 is 1.58. The van der Waals surface area contributed by atoms with E-state index < -0.39 is 0 Å². The molecule has 19 heavy (non-hydrogen) atoms. The van der Waals surface area contributed by atoms with Gasteiger partial charge in [-0.2, -0.15) is 5.10 Å². The highest BCUT2D eigenvalue weighted by atomic mass is 35.5. The molecule has 0 radical (unpaired) electrons. The van der Waals surface area contributed by atoms with Crippen molar-refractivity contribution in [2.45, 2.75) is 19.9 Å². The molecule has 0 saturated carbocycles. The third-order valence-corrected chi connectivity index (χ3v) is 3.20. The van der Waals surface area contributed by atoms with Gasteiger partial charge in [-0.05, 0) is 37.6 Å². The minimum Gasteiger partial charge on any atom is -0.344 e. The highest BCUT2D eigenvalue weighted by Gasteiger charge is 2.15. The topological polar surface area (TPSA) is 46.9 Å². The summed E-state index contributed by atoms with van der Waals surface area (Å²) in [4.78, 5) is 12.1. The van der Waals surface area contributed by atoms with E-state index in [0.717, 1.165) is 11.3 Å². The van der Waals surface area contributed by atoms with Crippen LogP contribution in [0.4, 0.5) is 0 Å². The van der Waals surface area contributed by atoms with Gasteiger partial charge in [-0.3, -0.25) is 9.48 Å². The SMILES string of the molecule is Cc1cc(C(=O)NC(C)c2ccc(Cl)cc2)n(C)n1. The molecule has 0 aliphatic heterocycles. The Kier molecular flexibility index (Phi) is 3.90. The van der Waals surface area contributed by atoms with Crippen LogP contribution in [0.15, 0.2) is 30.3 Å². The van der Waals surface area contributed by atoms with Crippen molar-refractivity contribution in [2.75, 3.05) is 0 Å². The lowest BCUT2D eigenvalue weighted by atomic mass is 10.1. The van der Waals surface area contributed by atoms with E-state index in [-0.39, 0.29) is 11.9 Å². The fraction of sp³-hybridized carbons (Fsp3) is 0.286. The molecule has 0 bridgehead atoms. The summed E-state index contributed by atoms with van der Waals surface area (Å²) in [6.07, 6.45) is 0. The van der Waals surface area contributed by atoms with E-state index in [1.807, 2.05) is 38.1 Å². The summed E-state index contributed by atoms with van der Waals surface area (Å²) in [5.74, 6) is -0.134. The van der Waals surface area contributed by atoms with E-state index in [1.54, 1.807) is 17.8 Å². The number of rotatable bonds is 3. The van der Waals surface area contributed by atoms with Crippen LogP contribution in [0, 0.1) is 6.92 Å². The smallest absolute Gasteiger partial charge is 0.270 e. The summed E-state index contributed by atoms with van der Waals surface area (Å²) in [5.41, 5.74) is 2.39. The van der Waals surface area contributed by atoms with Crippen molar-refractivity contribution in [1.82, 2.24) is 15.1 Å². The zero-order valence-electron chi connectivity index (χ0n) is 11.1. The predicted molar refractivity (Wildman–Crippen MR) is 75.3 cm³/mol. The Morgan fingerprint density at radius 3 is 2.53 bits per heavy atom. The molecular weight excluding hydrogens is 262 g/mol. The van der Waals surface area contributed by atoms with Crippen molar-refractivity contribution in [3.05, 3.63) is 52.3 Å². The summed E-state index contributed by atoms with van der Waals surface area (Å²) in [5, 5.41) is 7.79. The number of carbonyl (C=O) groups excluding carboxylic acids is 1. The van der Waals surface area contributed by atoms with Gasteiger partial charge in [0.25, 0.3) is 5.91 Å². The van der Waals surface area contributed by atoms with Crippen molar-refractivity contribution in [1.29, 1.82) is 0 Å². The first-order valence-corrected chi connectivity index (χ1v) is 6.42. The average molecular weight is 278 g/mol. The lowest BCUT2D eigenvalue weighted by Crippen LogP contribution is -2.28. The van der Waals surface area contributed by atoms with Crippen LogP contribution in [-0.4, -0.2) is 15.7 Å². The molecule has 4 nitrogen and oxygen atoms in total. The van der Waals surface area contributed by atoms with Gasteiger partial charge in [-0.1, -0.05) is 23.7 Å². The van der Waals surface area contributed by atoms with Crippen LogP contribution in [0.3, 0.4) is 0 Å². The fourth-order valence-electron chi connectivity index (χ4n) is 1.93. The van der Waals surface area contributed by atoms with E-state index in [1.165, 1.54) is 0 Å². The van der Waals surface area contributed by atoms with Gasteiger partial charge in [0.05, 0.1) is 11.7 Å². The molecule has 2 rings (SSSR count). The maximum Gasteiger partial charge on any atom is 0.270 e. The van der Waals surface area contributed by atoms with E-state index in [9.17, 15) is 4.79 Å². The van der Waals surface area contributed by atoms with E-state index in [4.69, 9.17) is 11.6 Å². The number of nitrogens with zero attached hydrogens (tertiary/aromatic N) is 2. The van der Waals surface area contributed by atoms with Gasteiger partial charge >= 0.3 is 0 Å². The first kappa shape index (κ1) is 13.6. The number of benzene rings is 1. The predicted octanol–water partition coefficient (Wildman–Crippen LogP) is 2.87. The first-order valence-electron chi connectivity index (χ1n) is 6.04. The summed E-state index contributed by atoms with van der Waals surface area (Å²) >= 11 is 5.84. The van der Waals surface area contributed by atoms with Crippen LogP contribution in [-0.2, 0) is 7.05 Å². The fourth-order valence-corrected chi connectivity index (χ4v) is 2.05. The van der Waals surface area contributed by atoms with Crippen LogP contribution in [0.25, 0.3) is 0 Å². The van der Waals surface area contributed by atoms with Crippen LogP contribution in [0.2, 0.25) is 5.02 Å². The van der Waals surface area contributed by atoms with Crippen LogP contribution < -0.4 is 5.32 Å². The molecule has 0 aliphatic carbocycles. The van der Waals surface area contributed by atoms with Gasteiger partial charge < -0.3 is 5.32 Å². The molecule has 2 aromatic rings. The molecule has 1 amide bonds. The van der Waals surface area contributed by atoms with Crippen molar-refractivity contribution >= 4 is 17.5 Å². The quantitative estimate of drug-likeness (QED) is 0.938. The number of carbonyl (C=O) groups is 1. The first-order chi connectivity index (χ1) is 8.97. The monoisotopic (exact) mass is 277 g/mol. The second-order valence-electron chi connectivity index (χ2n) is 4.54. The molecular formula is C14H16ClN3O. The van der Waals surface area contributed by atoms with Gasteiger partial charge in [0.2, 0.25) is 0 Å². The number of hydrogen-bond donors (Lipinski definition) is 1. The molecule has 1 aromatic carbocycles. The summed E-state index contributed by atoms with van der Waals surface area (Å²) in [7, 11) is 1.76. The lowest BCUT2D eigenvalue weighted by molar-refractivity contribution is 0.0930. The van der Waals surface area contributed by atoms with Gasteiger partial charge in [0.1, 0.15) is 5.69 Å².